The minimum absolute atomic E-state index is 0.00397. The summed E-state index contributed by atoms with van der Waals surface area (Å²) < 4.78 is 10.6. The molecule has 0 bridgehead atoms. The van der Waals surface area contributed by atoms with Crippen molar-refractivity contribution in [2.75, 3.05) is 14.2 Å². The molecule has 0 fully saturated rings. The standard InChI is InChI=1S/C23H25NO3/c1-16(11-17-12-20(26-2)15-21(13-17)27-3)24-23(25)14-19-9-6-8-18-7-4-5-10-22(18)19/h4-10,12-13,15-16H,11,14H2,1-3H3,(H,24,25). The van der Waals surface area contributed by atoms with Gasteiger partial charge in [0.2, 0.25) is 5.91 Å². The predicted molar refractivity (Wildman–Crippen MR) is 109 cm³/mol. The topological polar surface area (TPSA) is 47.6 Å². The Labute approximate surface area is 160 Å². The summed E-state index contributed by atoms with van der Waals surface area (Å²) in [6.07, 6.45) is 1.07. The summed E-state index contributed by atoms with van der Waals surface area (Å²) >= 11 is 0. The van der Waals surface area contributed by atoms with Crippen molar-refractivity contribution in [1.29, 1.82) is 0 Å². The minimum atomic E-state index is 0.00397. The minimum Gasteiger partial charge on any atom is -0.497 e. The number of benzene rings is 3. The number of hydrogen-bond acceptors (Lipinski definition) is 3. The molecule has 0 saturated carbocycles. The van der Waals surface area contributed by atoms with Crippen LogP contribution in [0.1, 0.15) is 18.1 Å². The van der Waals surface area contributed by atoms with Crippen LogP contribution in [-0.4, -0.2) is 26.2 Å². The number of carbonyl (C=O) groups is 1. The van der Waals surface area contributed by atoms with Crippen molar-refractivity contribution in [1.82, 2.24) is 5.32 Å². The molecule has 0 aliphatic carbocycles. The third kappa shape index (κ3) is 4.79. The molecular weight excluding hydrogens is 338 g/mol. The number of fused-ring (bicyclic) bond motifs is 1. The number of hydrogen-bond donors (Lipinski definition) is 1. The SMILES string of the molecule is COc1cc(CC(C)NC(=O)Cc2cccc3ccccc23)cc(OC)c1. The number of methoxy groups -OCH3 is 2. The lowest BCUT2D eigenvalue weighted by Crippen LogP contribution is -2.35. The predicted octanol–water partition coefficient (Wildman–Crippen LogP) is 4.15. The van der Waals surface area contributed by atoms with Crippen molar-refractivity contribution in [3.05, 3.63) is 71.8 Å². The molecule has 1 N–H and O–H groups in total. The molecule has 140 valence electrons. The Balaban J connectivity index is 1.65. The van der Waals surface area contributed by atoms with Gasteiger partial charge in [0.1, 0.15) is 11.5 Å². The molecule has 27 heavy (non-hydrogen) atoms. The van der Waals surface area contributed by atoms with Gasteiger partial charge in [-0.15, -0.1) is 0 Å². The highest BCUT2D eigenvalue weighted by molar-refractivity contribution is 5.90. The molecule has 0 radical (unpaired) electrons. The van der Waals surface area contributed by atoms with Gasteiger partial charge in [-0.2, -0.15) is 0 Å². The van der Waals surface area contributed by atoms with Crippen LogP contribution in [-0.2, 0) is 17.6 Å². The first-order chi connectivity index (χ1) is 13.1. The number of ether oxygens (including phenoxy) is 2. The number of amides is 1. The molecule has 0 aromatic heterocycles. The second-order valence-corrected chi connectivity index (χ2v) is 6.71. The fraction of sp³-hybridized carbons (Fsp3) is 0.261. The lowest BCUT2D eigenvalue weighted by Gasteiger charge is -2.16. The van der Waals surface area contributed by atoms with Crippen LogP contribution in [0, 0.1) is 0 Å². The van der Waals surface area contributed by atoms with Crippen LogP contribution in [0.2, 0.25) is 0 Å². The third-order valence-electron chi connectivity index (χ3n) is 4.59. The maximum atomic E-state index is 12.5. The Bertz CT molecular complexity index is 908. The van der Waals surface area contributed by atoms with Crippen molar-refractivity contribution in [3.63, 3.8) is 0 Å². The molecule has 0 heterocycles. The first-order valence-corrected chi connectivity index (χ1v) is 9.07. The molecule has 0 aliphatic heterocycles. The zero-order valence-corrected chi connectivity index (χ0v) is 16.0. The van der Waals surface area contributed by atoms with E-state index in [9.17, 15) is 4.79 Å². The normalized spacial score (nSPS) is 11.8. The summed E-state index contributed by atoms with van der Waals surface area (Å²) in [7, 11) is 3.27. The Morgan fingerprint density at radius 1 is 0.963 bits per heavy atom. The lowest BCUT2D eigenvalue weighted by atomic mass is 10.0. The number of carbonyl (C=O) groups excluding carboxylic acids is 1. The van der Waals surface area contributed by atoms with Gasteiger partial charge in [-0.25, -0.2) is 0 Å². The van der Waals surface area contributed by atoms with Crippen molar-refractivity contribution < 1.29 is 14.3 Å². The summed E-state index contributed by atoms with van der Waals surface area (Å²) in [5.41, 5.74) is 2.10. The molecule has 3 aromatic carbocycles. The van der Waals surface area contributed by atoms with Crippen LogP contribution in [0.25, 0.3) is 10.8 Å². The van der Waals surface area contributed by atoms with Crippen molar-refractivity contribution in [3.8, 4) is 11.5 Å². The van der Waals surface area contributed by atoms with Gasteiger partial charge in [-0.1, -0.05) is 42.5 Å². The molecule has 4 nitrogen and oxygen atoms in total. The molecule has 3 aromatic rings. The van der Waals surface area contributed by atoms with E-state index in [0.29, 0.717) is 12.8 Å². The van der Waals surface area contributed by atoms with Crippen LogP contribution in [0.4, 0.5) is 0 Å². The van der Waals surface area contributed by atoms with E-state index in [-0.39, 0.29) is 11.9 Å². The Kier molecular flexibility index (Phi) is 5.97. The number of rotatable bonds is 7. The smallest absolute Gasteiger partial charge is 0.224 e. The summed E-state index contributed by atoms with van der Waals surface area (Å²) in [5, 5.41) is 5.37. The maximum absolute atomic E-state index is 12.5. The molecule has 4 heteroatoms. The van der Waals surface area contributed by atoms with Crippen LogP contribution in [0.3, 0.4) is 0 Å². The van der Waals surface area contributed by atoms with E-state index in [4.69, 9.17) is 9.47 Å². The highest BCUT2D eigenvalue weighted by Gasteiger charge is 2.12. The van der Waals surface area contributed by atoms with Gasteiger partial charge in [-0.3, -0.25) is 4.79 Å². The maximum Gasteiger partial charge on any atom is 0.224 e. The van der Waals surface area contributed by atoms with E-state index in [1.165, 1.54) is 0 Å². The van der Waals surface area contributed by atoms with E-state index in [1.807, 2.05) is 49.4 Å². The molecular formula is C23H25NO3. The van der Waals surface area contributed by atoms with Crippen LogP contribution < -0.4 is 14.8 Å². The number of nitrogens with one attached hydrogen (secondary N) is 1. The Morgan fingerprint density at radius 2 is 1.63 bits per heavy atom. The zero-order chi connectivity index (χ0) is 19.2. The van der Waals surface area contributed by atoms with Gasteiger partial charge >= 0.3 is 0 Å². The van der Waals surface area contributed by atoms with Crippen molar-refractivity contribution in [2.24, 2.45) is 0 Å². The quantitative estimate of drug-likeness (QED) is 0.686. The molecule has 0 saturated heterocycles. The van der Waals surface area contributed by atoms with E-state index < -0.39 is 0 Å². The van der Waals surface area contributed by atoms with Crippen molar-refractivity contribution in [2.45, 2.75) is 25.8 Å². The van der Waals surface area contributed by atoms with Gasteiger partial charge in [0.25, 0.3) is 0 Å². The second kappa shape index (κ2) is 8.58. The molecule has 0 spiro atoms. The summed E-state index contributed by atoms with van der Waals surface area (Å²) in [6.45, 7) is 2.01. The Morgan fingerprint density at radius 3 is 2.33 bits per heavy atom. The van der Waals surface area contributed by atoms with Crippen molar-refractivity contribution >= 4 is 16.7 Å². The van der Waals surface area contributed by atoms with Crippen LogP contribution in [0.15, 0.2) is 60.7 Å². The second-order valence-electron chi connectivity index (χ2n) is 6.71. The van der Waals surface area contributed by atoms with Gasteiger partial charge in [0.05, 0.1) is 20.6 Å². The van der Waals surface area contributed by atoms with Crippen LogP contribution in [0.5, 0.6) is 11.5 Å². The molecule has 1 amide bonds. The van der Waals surface area contributed by atoms with Gasteiger partial charge in [-0.05, 0) is 47.4 Å². The summed E-state index contributed by atoms with van der Waals surface area (Å²) in [4.78, 5) is 12.5. The average molecular weight is 363 g/mol. The zero-order valence-electron chi connectivity index (χ0n) is 16.0. The van der Waals surface area contributed by atoms with E-state index in [1.54, 1.807) is 14.2 Å². The van der Waals surface area contributed by atoms with E-state index in [2.05, 4.69) is 23.5 Å². The summed E-state index contributed by atoms with van der Waals surface area (Å²) in [6, 6.07) is 20.0. The first-order valence-electron chi connectivity index (χ1n) is 9.07. The summed E-state index contributed by atoms with van der Waals surface area (Å²) in [5.74, 6) is 1.52. The van der Waals surface area contributed by atoms with Crippen LogP contribution >= 0.6 is 0 Å². The van der Waals surface area contributed by atoms with E-state index in [0.717, 1.165) is 33.4 Å². The lowest BCUT2D eigenvalue weighted by molar-refractivity contribution is -0.121. The van der Waals surface area contributed by atoms with Gasteiger partial charge < -0.3 is 14.8 Å². The monoisotopic (exact) mass is 363 g/mol. The molecule has 0 aliphatic rings. The van der Waals surface area contributed by atoms with Gasteiger partial charge in [0, 0.05) is 12.1 Å². The van der Waals surface area contributed by atoms with E-state index >= 15 is 0 Å². The highest BCUT2D eigenvalue weighted by Crippen LogP contribution is 2.23. The highest BCUT2D eigenvalue weighted by atomic mass is 16.5. The average Bonchev–Trinajstić information content (AvgIpc) is 2.67. The fourth-order valence-corrected chi connectivity index (χ4v) is 3.33. The largest absolute Gasteiger partial charge is 0.497 e. The molecule has 1 unspecified atom stereocenters. The third-order valence-corrected chi connectivity index (χ3v) is 4.59. The molecule has 1 atom stereocenters. The Hall–Kier alpha value is -3.01. The fourth-order valence-electron chi connectivity index (χ4n) is 3.33. The van der Waals surface area contributed by atoms with Gasteiger partial charge in [0.15, 0.2) is 0 Å². The molecule has 3 rings (SSSR count). The first kappa shape index (κ1) is 18.8.